The molecule has 0 fully saturated rings. The van der Waals surface area contributed by atoms with Crippen molar-refractivity contribution < 1.29 is 19.4 Å². The van der Waals surface area contributed by atoms with Crippen LogP contribution in [0.1, 0.15) is 34.0 Å². The molecule has 0 spiro atoms. The van der Waals surface area contributed by atoms with Crippen LogP contribution in [-0.2, 0) is 11.3 Å². The number of hydrogen-bond donors (Lipinski definition) is 1. The molecule has 0 saturated heterocycles. The number of benzene rings is 1. The SMILES string of the molecule is O=C1CCOc2cc(-c3cncc4c3COCC4O)ccc21. The van der Waals surface area contributed by atoms with E-state index in [1.54, 1.807) is 18.5 Å². The Morgan fingerprint density at radius 3 is 3.05 bits per heavy atom. The lowest BCUT2D eigenvalue weighted by Crippen LogP contribution is -2.18. The summed E-state index contributed by atoms with van der Waals surface area (Å²) in [7, 11) is 0. The normalized spacial score (nSPS) is 20.0. The number of fused-ring (bicyclic) bond motifs is 2. The number of carbonyl (C=O) groups excluding carboxylic acids is 1. The molecule has 3 heterocycles. The van der Waals surface area contributed by atoms with Crippen LogP contribution >= 0.6 is 0 Å². The molecule has 1 aromatic carbocycles. The first kappa shape index (κ1) is 13.4. The van der Waals surface area contributed by atoms with Crippen molar-refractivity contribution in [3.05, 3.63) is 47.3 Å². The number of carbonyl (C=O) groups is 1. The molecule has 1 atom stereocenters. The number of rotatable bonds is 1. The zero-order valence-electron chi connectivity index (χ0n) is 11.9. The summed E-state index contributed by atoms with van der Waals surface area (Å²) in [4.78, 5) is 16.1. The van der Waals surface area contributed by atoms with Gasteiger partial charge < -0.3 is 14.6 Å². The Morgan fingerprint density at radius 2 is 2.14 bits per heavy atom. The monoisotopic (exact) mass is 297 g/mol. The first-order valence-electron chi connectivity index (χ1n) is 7.27. The summed E-state index contributed by atoms with van der Waals surface area (Å²) in [5.41, 5.74) is 4.19. The number of hydrogen-bond acceptors (Lipinski definition) is 5. The number of ether oxygens (including phenoxy) is 2. The lowest BCUT2D eigenvalue weighted by atomic mass is 9.93. The fourth-order valence-electron chi connectivity index (χ4n) is 2.99. The van der Waals surface area contributed by atoms with Crippen molar-refractivity contribution in [2.75, 3.05) is 13.2 Å². The third kappa shape index (κ3) is 2.10. The molecule has 0 amide bonds. The van der Waals surface area contributed by atoms with Gasteiger partial charge in [0.1, 0.15) is 11.9 Å². The van der Waals surface area contributed by atoms with Crippen molar-refractivity contribution >= 4 is 5.78 Å². The van der Waals surface area contributed by atoms with Gasteiger partial charge in [-0.25, -0.2) is 0 Å². The average Bonchev–Trinajstić information content (AvgIpc) is 2.55. The second-order valence-corrected chi connectivity index (χ2v) is 5.52. The molecule has 2 aliphatic heterocycles. The van der Waals surface area contributed by atoms with E-state index >= 15 is 0 Å². The van der Waals surface area contributed by atoms with Crippen LogP contribution in [0.4, 0.5) is 0 Å². The number of ketones is 1. The van der Waals surface area contributed by atoms with E-state index in [0.29, 0.717) is 37.6 Å². The minimum absolute atomic E-state index is 0.111. The Kier molecular flexibility index (Phi) is 3.17. The van der Waals surface area contributed by atoms with Crippen molar-refractivity contribution in [1.29, 1.82) is 0 Å². The van der Waals surface area contributed by atoms with Crippen molar-refractivity contribution in [1.82, 2.24) is 4.98 Å². The number of aliphatic hydroxyl groups excluding tert-OH is 1. The number of nitrogens with zero attached hydrogens (tertiary/aromatic N) is 1. The summed E-state index contributed by atoms with van der Waals surface area (Å²) in [6, 6.07) is 5.56. The van der Waals surface area contributed by atoms with Gasteiger partial charge in [0.25, 0.3) is 0 Å². The lowest BCUT2D eigenvalue weighted by Gasteiger charge is -2.24. The highest BCUT2D eigenvalue weighted by atomic mass is 16.5. The van der Waals surface area contributed by atoms with Gasteiger partial charge in [0.2, 0.25) is 0 Å². The van der Waals surface area contributed by atoms with Gasteiger partial charge in [-0.1, -0.05) is 6.07 Å². The fraction of sp³-hybridized carbons (Fsp3) is 0.294. The third-order valence-corrected chi connectivity index (χ3v) is 4.15. The van der Waals surface area contributed by atoms with Gasteiger partial charge in [0.05, 0.1) is 25.4 Å². The van der Waals surface area contributed by atoms with E-state index in [2.05, 4.69) is 4.98 Å². The summed E-state index contributed by atoms with van der Waals surface area (Å²) in [5.74, 6) is 0.725. The van der Waals surface area contributed by atoms with Crippen molar-refractivity contribution in [2.45, 2.75) is 19.1 Å². The largest absolute Gasteiger partial charge is 0.492 e. The molecule has 0 saturated carbocycles. The number of Topliss-reactive ketones (excluding diaryl/α,β-unsaturated/α-hetero) is 1. The molecule has 5 nitrogen and oxygen atoms in total. The second kappa shape index (κ2) is 5.19. The topological polar surface area (TPSA) is 68.7 Å². The molecule has 4 rings (SSSR count). The van der Waals surface area contributed by atoms with E-state index in [1.807, 2.05) is 12.1 Å². The maximum absolute atomic E-state index is 11.9. The van der Waals surface area contributed by atoms with Gasteiger partial charge in [-0.2, -0.15) is 0 Å². The molecule has 2 aromatic rings. The van der Waals surface area contributed by atoms with E-state index in [4.69, 9.17) is 9.47 Å². The van der Waals surface area contributed by atoms with Gasteiger partial charge in [-0.05, 0) is 23.3 Å². The molecule has 1 aromatic heterocycles. The highest BCUT2D eigenvalue weighted by molar-refractivity contribution is 6.00. The summed E-state index contributed by atoms with van der Waals surface area (Å²) >= 11 is 0. The van der Waals surface area contributed by atoms with Crippen LogP contribution in [0.5, 0.6) is 5.75 Å². The van der Waals surface area contributed by atoms with Crippen molar-refractivity contribution in [3.63, 3.8) is 0 Å². The maximum atomic E-state index is 11.9. The van der Waals surface area contributed by atoms with Crippen molar-refractivity contribution in [2.24, 2.45) is 0 Å². The van der Waals surface area contributed by atoms with Gasteiger partial charge in [-0.3, -0.25) is 9.78 Å². The van der Waals surface area contributed by atoms with E-state index in [-0.39, 0.29) is 5.78 Å². The van der Waals surface area contributed by atoms with E-state index < -0.39 is 6.10 Å². The molecular formula is C17H15NO4. The van der Waals surface area contributed by atoms with Crippen LogP contribution in [0.15, 0.2) is 30.6 Å². The summed E-state index contributed by atoms with van der Waals surface area (Å²) in [5, 5.41) is 10.0. The average molecular weight is 297 g/mol. The Balaban J connectivity index is 1.83. The zero-order valence-corrected chi connectivity index (χ0v) is 11.9. The van der Waals surface area contributed by atoms with Gasteiger partial charge in [0, 0.05) is 29.9 Å². The van der Waals surface area contributed by atoms with Gasteiger partial charge in [0.15, 0.2) is 5.78 Å². The summed E-state index contributed by atoms with van der Waals surface area (Å²) < 4.78 is 11.0. The molecule has 0 aliphatic carbocycles. The molecule has 112 valence electrons. The summed E-state index contributed by atoms with van der Waals surface area (Å²) in [6.45, 7) is 1.16. The van der Waals surface area contributed by atoms with Gasteiger partial charge in [-0.15, -0.1) is 0 Å². The van der Waals surface area contributed by atoms with E-state index in [1.165, 1.54) is 0 Å². The Labute approximate surface area is 127 Å². The van der Waals surface area contributed by atoms with Crippen LogP contribution in [-0.4, -0.2) is 29.1 Å². The zero-order chi connectivity index (χ0) is 15.1. The molecule has 0 bridgehead atoms. The molecule has 1 N–H and O–H groups in total. The second-order valence-electron chi connectivity index (χ2n) is 5.52. The fourth-order valence-corrected chi connectivity index (χ4v) is 2.99. The Morgan fingerprint density at radius 1 is 1.23 bits per heavy atom. The lowest BCUT2D eigenvalue weighted by molar-refractivity contribution is 0.00981. The number of pyridine rings is 1. The maximum Gasteiger partial charge on any atom is 0.169 e. The van der Waals surface area contributed by atoms with Crippen LogP contribution in [0.2, 0.25) is 0 Å². The number of aromatic nitrogens is 1. The predicted molar refractivity (Wildman–Crippen MR) is 78.7 cm³/mol. The Bertz CT molecular complexity index is 756. The Hall–Kier alpha value is -2.24. The van der Waals surface area contributed by atoms with Gasteiger partial charge >= 0.3 is 0 Å². The quantitative estimate of drug-likeness (QED) is 0.874. The van der Waals surface area contributed by atoms with Crippen LogP contribution in [0.25, 0.3) is 11.1 Å². The molecule has 0 radical (unpaired) electrons. The first-order chi connectivity index (χ1) is 10.7. The predicted octanol–water partition coefficient (Wildman–Crippen LogP) is 2.28. The minimum atomic E-state index is -0.647. The first-order valence-corrected chi connectivity index (χ1v) is 7.27. The van der Waals surface area contributed by atoms with Crippen LogP contribution in [0, 0.1) is 0 Å². The van der Waals surface area contributed by atoms with Crippen molar-refractivity contribution in [3.8, 4) is 16.9 Å². The molecule has 1 unspecified atom stereocenters. The highest BCUT2D eigenvalue weighted by Gasteiger charge is 2.24. The molecule has 5 heteroatoms. The molecular weight excluding hydrogens is 282 g/mol. The van der Waals surface area contributed by atoms with Crippen LogP contribution < -0.4 is 4.74 Å². The third-order valence-electron chi connectivity index (χ3n) is 4.15. The molecule has 2 aliphatic rings. The number of aliphatic hydroxyl groups is 1. The highest BCUT2D eigenvalue weighted by Crippen LogP contribution is 2.35. The van der Waals surface area contributed by atoms with E-state index in [9.17, 15) is 9.90 Å². The molecule has 22 heavy (non-hydrogen) atoms. The minimum Gasteiger partial charge on any atom is -0.492 e. The van der Waals surface area contributed by atoms with E-state index in [0.717, 1.165) is 22.3 Å². The standard InChI is InChI=1S/C17H15NO4/c19-15-3-4-22-17-5-10(1-2-11(15)17)12-6-18-7-13-14(12)8-21-9-16(13)20/h1-2,5-7,16,20H,3-4,8-9H2. The summed E-state index contributed by atoms with van der Waals surface area (Å²) in [6.07, 6.45) is 3.22. The van der Waals surface area contributed by atoms with Crippen LogP contribution in [0.3, 0.4) is 0 Å². The smallest absolute Gasteiger partial charge is 0.169 e.